The minimum Gasteiger partial charge on any atom is -0.337 e. The molecule has 2 amide bonds. The van der Waals surface area contributed by atoms with Crippen molar-refractivity contribution in [3.05, 3.63) is 77.2 Å². The Hall–Kier alpha value is -2.66. The van der Waals surface area contributed by atoms with E-state index in [2.05, 4.69) is 5.32 Å². The van der Waals surface area contributed by atoms with Crippen LogP contribution >= 0.6 is 11.6 Å². The number of rotatable bonds is 4. The number of benzene rings is 2. The molecule has 0 spiro atoms. The van der Waals surface area contributed by atoms with Gasteiger partial charge in [-0.15, -0.1) is 0 Å². The highest BCUT2D eigenvalue weighted by molar-refractivity contribution is 6.51. The van der Waals surface area contributed by atoms with Crippen molar-refractivity contribution in [1.82, 2.24) is 10.2 Å². The summed E-state index contributed by atoms with van der Waals surface area (Å²) in [5, 5.41) is 2.50. The topological polar surface area (TPSA) is 49.4 Å². The van der Waals surface area contributed by atoms with E-state index >= 15 is 0 Å². The first-order chi connectivity index (χ1) is 13.1. The zero-order chi connectivity index (χ0) is 19.2. The molecule has 0 bridgehead atoms. The minimum absolute atomic E-state index is 0.0767. The van der Waals surface area contributed by atoms with Crippen molar-refractivity contribution < 1.29 is 14.0 Å². The lowest BCUT2D eigenvalue weighted by Gasteiger charge is -2.28. The molecule has 0 aliphatic carbocycles. The second-order valence-corrected chi connectivity index (χ2v) is 6.72. The molecular formula is C21H20ClFN2O2. The van der Waals surface area contributed by atoms with E-state index in [4.69, 9.17) is 11.6 Å². The molecule has 0 atom stereocenters. The van der Waals surface area contributed by atoms with E-state index in [1.54, 1.807) is 41.3 Å². The smallest absolute Gasteiger partial charge is 0.271 e. The zero-order valence-corrected chi connectivity index (χ0v) is 15.5. The summed E-state index contributed by atoms with van der Waals surface area (Å²) >= 11 is 6.40. The Morgan fingerprint density at radius 1 is 0.926 bits per heavy atom. The van der Waals surface area contributed by atoms with Gasteiger partial charge in [0, 0.05) is 24.2 Å². The third-order valence-corrected chi connectivity index (χ3v) is 4.85. The van der Waals surface area contributed by atoms with Crippen molar-refractivity contribution in [3.8, 4) is 0 Å². The highest BCUT2D eigenvalue weighted by Crippen LogP contribution is 2.26. The van der Waals surface area contributed by atoms with Crippen LogP contribution in [-0.2, 0) is 4.79 Å². The van der Waals surface area contributed by atoms with Gasteiger partial charge in [-0.25, -0.2) is 4.39 Å². The van der Waals surface area contributed by atoms with E-state index in [9.17, 15) is 14.0 Å². The van der Waals surface area contributed by atoms with Crippen molar-refractivity contribution in [1.29, 1.82) is 0 Å². The standard InChI is InChI=1S/C21H20ClFN2O2/c22-18(16-11-5-6-12-17(16)23)19(21(27)25-13-7-2-8-14-25)24-20(26)15-9-3-1-4-10-15/h1,3-6,9-12H,2,7-8,13-14H2,(H,24,26). The zero-order valence-electron chi connectivity index (χ0n) is 14.8. The number of carbonyl (C=O) groups is 2. The van der Waals surface area contributed by atoms with Crippen LogP contribution in [0.15, 0.2) is 60.3 Å². The number of likely N-dealkylation sites (tertiary alicyclic amines) is 1. The molecule has 1 saturated heterocycles. The lowest BCUT2D eigenvalue weighted by Crippen LogP contribution is -2.41. The molecule has 140 valence electrons. The molecule has 1 aliphatic heterocycles. The molecule has 1 N–H and O–H groups in total. The summed E-state index contributed by atoms with van der Waals surface area (Å²) in [5.41, 5.74) is 0.366. The van der Waals surface area contributed by atoms with Crippen molar-refractivity contribution >= 4 is 28.4 Å². The van der Waals surface area contributed by atoms with E-state index in [-0.39, 0.29) is 16.3 Å². The number of carbonyl (C=O) groups excluding carboxylic acids is 2. The monoisotopic (exact) mass is 386 g/mol. The largest absolute Gasteiger partial charge is 0.337 e. The average molecular weight is 387 g/mol. The summed E-state index contributed by atoms with van der Waals surface area (Å²) in [6.45, 7) is 1.18. The molecule has 0 radical (unpaired) electrons. The molecule has 2 aromatic rings. The highest BCUT2D eigenvalue weighted by Gasteiger charge is 2.26. The summed E-state index contributed by atoms with van der Waals surface area (Å²) in [6.07, 6.45) is 2.84. The van der Waals surface area contributed by atoms with Gasteiger partial charge in [-0.3, -0.25) is 9.59 Å². The van der Waals surface area contributed by atoms with Crippen LogP contribution in [-0.4, -0.2) is 29.8 Å². The minimum atomic E-state index is -0.555. The highest BCUT2D eigenvalue weighted by atomic mass is 35.5. The van der Waals surface area contributed by atoms with Gasteiger partial charge in [0.2, 0.25) is 0 Å². The van der Waals surface area contributed by atoms with Gasteiger partial charge in [0.05, 0.1) is 5.03 Å². The van der Waals surface area contributed by atoms with E-state index < -0.39 is 17.6 Å². The molecule has 6 heteroatoms. The lowest BCUT2D eigenvalue weighted by atomic mass is 10.1. The third-order valence-electron chi connectivity index (χ3n) is 4.46. The van der Waals surface area contributed by atoms with Crippen LogP contribution in [0.3, 0.4) is 0 Å². The number of piperidine rings is 1. The van der Waals surface area contributed by atoms with E-state index in [1.807, 2.05) is 0 Å². The maximum Gasteiger partial charge on any atom is 0.271 e. The molecule has 1 fully saturated rings. The van der Waals surface area contributed by atoms with Crippen molar-refractivity contribution in [2.45, 2.75) is 19.3 Å². The molecule has 1 aliphatic rings. The second-order valence-electron chi connectivity index (χ2n) is 6.34. The number of nitrogens with one attached hydrogen (secondary N) is 1. The summed E-state index contributed by atoms with van der Waals surface area (Å²) < 4.78 is 14.2. The average Bonchev–Trinajstić information content (AvgIpc) is 2.72. The number of halogens is 2. The SMILES string of the molecule is O=C(NC(C(=O)N1CCCCC1)=C(Cl)c1ccccc1F)c1ccccc1. The van der Waals surface area contributed by atoms with Gasteiger partial charge in [0.1, 0.15) is 11.5 Å². The summed E-state index contributed by atoms with van der Waals surface area (Å²) in [5.74, 6) is -1.42. The Morgan fingerprint density at radius 3 is 2.22 bits per heavy atom. The van der Waals surface area contributed by atoms with Gasteiger partial charge < -0.3 is 10.2 Å². The number of hydrogen-bond donors (Lipinski definition) is 1. The van der Waals surface area contributed by atoms with Crippen LogP contribution in [0.5, 0.6) is 0 Å². The molecule has 0 aromatic heterocycles. The fraction of sp³-hybridized carbons (Fsp3) is 0.238. The maximum absolute atomic E-state index is 14.2. The number of hydrogen-bond acceptors (Lipinski definition) is 2. The first kappa shape index (κ1) is 19.1. The third kappa shape index (κ3) is 4.55. The van der Waals surface area contributed by atoms with Crippen LogP contribution in [0.2, 0.25) is 0 Å². The first-order valence-electron chi connectivity index (χ1n) is 8.88. The van der Waals surface area contributed by atoms with Crippen molar-refractivity contribution in [2.24, 2.45) is 0 Å². The van der Waals surface area contributed by atoms with Crippen LogP contribution in [0.1, 0.15) is 35.2 Å². The van der Waals surface area contributed by atoms with E-state index in [0.717, 1.165) is 19.3 Å². The van der Waals surface area contributed by atoms with Gasteiger partial charge >= 0.3 is 0 Å². The Bertz CT molecular complexity index is 861. The van der Waals surface area contributed by atoms with Gasteiger partial charge in [0.15, 0.2) is 0 Å². The Balaban J connectivity index is 1.98. The van der Waals surface area contributed by atoms with Gasteiger partial charge in [0.25, 0.3) is 11.8 Å². The van der Waals surface area contributed by atoms with Crippen LogP contribution in [0.25, 0.3) is 5.03 Å². The van der Waals surface area contributed by atoms with Gasteiger partial charge in [-0.05, 0) is 37.5 Å². The molecule has 0 unspecified atom stereocenters. The Morgan fingerprint density at radius 2 is 1.56 bits per heavy atom. The predicted molar refractivity (Wildman–Crippen MR) is 104 cm³/mol. The molecule has 4 nitrogen and oxygen atoms in total. The quantitative estimate of drug-likeness (QED) is 0.801. The molecule has 0 saturated carbocycles. The molecular weight excluding hydrogens is 367 g/mol. The maximum atomic E-state index is 14.2. The Labute approximate surface area is 162 Å². The lowest BCUT2D eigenvalue weighted by molar-refractivity contribution is -0.128. The molecule has 2 aromatic carbocycles. The summed E-state index contributed by atoms with van der Waals surface area (Å²) in [7, 11) is 0. The summed E-state index contributed by atoms with van der Waals surface area (Å²) in [6, 6.07) is 14.4. The second kappa shape index (κ2) is 8.82. The summed E-state index contributed by atoms with van der Waals surface area (Å²) in [4.78, 5) is 27.3. The Kier molecular flexibility index (Phi) is 6.24. The fourth-order valence-corrected chi connectivity index (χ4v) is 3.29. The molecule has 1 heterocycles. The van der Waals surface area contributed by atoms with Gasteiger partial charge in [-0.2, -0.15) is 0 Å². The predicted octanol–water partition coefficient (Wildman–Crippen LogP) is 4.18. The first-order valence-corrected chi connectivity index (χ1v) is 9.26. The van der Waals surface area contributed by atoms with Crippen LogP contribution < -0.4 is 5.32 Å². The van der Waals surface area contributed by atoms with E-state index in [0.29, 0.717) is 18.7 Å². The number of amides is 2. The van der Waals surface area contributed by atoms with Crippen LogP contribution in [0, 0.1) is 5.82 Å². The van der Waals surface area contributed by atoms with Gasteiger partial charge in [-0.1, -0.05) is 48.0 Å². The molecule has 3 rings (SSSR count). The fourth-order valence-electron chi connectivity index (χ4n) is 3.01. The van der Waals surface area contributed by atoms with Crippen molar-refractivity contribution in [3.63, 3.8) is 0 Å². The normalized spacial score (nSPS) is 15.1. The van der Waals surface area contributed by atoms with Crippen molar-refractivity contribution in [2.75, 3.05) is 13.1 Å². The molecule has 27 heavy (non-hydrogen) atoms. The van der Waals surface area contributed by atoms with Crippen LogP contribution in [0.4, 0.5) is 4.39 Å². The number of nitrogens with zero attached hydrogens (tertiary/aromatic N) is 1. The van der Waals surface area contributed by atoms with E-state index in [1.165, 1.54) is 18.2 Å².